The van der Waals surface area contributed by atoms with E-state index in [2.05, 4.69) is 36.6 Å². The molecule has 0 aliphatic heterocycles. The van der Waals surface area contributed by atoms with Crippen LogP contribution in [0.4, 0.5) is 0 Å². The van der Waals surface area contributed by atoms with Gasteiger partial charge in [-0.15, -0.1) is 0 Å². The van der Waals surface area contributed by atoms with Gasteiger partial charge in [-0.1, -0.05) is 23.8 Å². The van der Waals surface area contributed by atoms with Gasteiger partial charge >= 0.3 is 0 Å². The second-order valence-corrected chi connectivity index (χ2v) is 4.87. The third-order valence-corrected chi connectivity index (χ3v) is 3.56. The molecule has 2 rings (SSSR count). The number of nitrogens with one attached hydrogen (secondary N) is 1. The molecular formula is C15H22N2O. The number of hydrazine groups is 1. The van der Waals surface area contributed by atoms with Crippen molar-refractivity contribution in [1.82, 2.24) is 5.43 Å². The van der Waals surface area contributed by atoms with Gasteiger partial charge in [0.2, 0.25) is 0 Å². The lowest BCUT2D eigenvalue weighted by molar-refractivity contribution is 0.402. The number of ether oxygens (including phenoxy) is 1. The molecule has 0 heterocycles. The zero-order chi connectivity index (χ0) is 13.0. The highest BCUT2D eigenvalue weighted by molar-refractivity contribution is 5.42. The van der Waals surface area contributed by atoms with E-state index in [1.54, 1.807) is 7.11 Å². The molecular weight excluding hydrogens is 224 g/mol. The van der Waals surface area contributed by atoms with Crippen molar-refractivity contribution in [2.75, 3.05) is 7.11 Å². The van der Waals surface area contributed by atoms with Crippen LogP contribution in [0.3, 0.4) is 0 Å². The average molecular weight is 246 g/mol. The summed E-state index contributed by atoms with van der Waals surface area (Å²) in [5, 5.41) is 0. The smallest absolute Gasteiger partial charge is 0.124 e. The molecule has 1 aliphatic rings. The van der Waals surface area contributed by atoms with Crippen LogP contribution in [0.15, 0.2) is 29.8 Å². The van der Waals surface area contributed by atoms with Gasteiger partial charge in [-0.3, -0.25) is 5.84 Å². The van der Waals surface area contributed by atoms with Gasteiger partial charge in [0.1, 0.15) is 5.75 Å². The number of rotatable bonds is 4. The fourth-order valence-electron chi connectivity index (χ4n) is 2.58. The summed E-state index contributed by atoms with van der Waals surface area (Å²) in [6.07, 6.45) is 7.12. The second kappa shape index (κ2) is 6.03. The first-order valence-electron chi connectivity index (χ1n) is 6.56. The molecule has 0 saturated carbocycles. The molecule has 1 atom stereocenters. The Morgan fingerprint density at radius 1 is 1.33 bits per heavy atom. The maximum atomic E-state index is 5.75. The predicted octanol–water partition coefficient (Wildman–Crippen LogP) is 3.01. The SMILES string of the molecule is COc1cc(C)ccc1C(NN)C1=CCCCC1. The van der Waals surface area contributed by atoms with Crippen molar-refractivity contribution in [3.05, 3.63) is 41.0 Å². The number of hydrogen-bond acceptors (Lipinski definition) is 3. The van der Waals surface area contributed by atoms with Gasteiger partial charge in [0.15, 0.2) is 0 Å². The van der Waals surface area contributed by atoms with E-state index < -0.39 is 0 Å². The number of aryl methyl sites for hydroxylation is 1. The van der Waals surface area contributed by atoms with E-state index in [9.17, 15) is 0 Å². The maximum absolute atomic E-state index is 5.75. The Balaban J connectivity index is 2.34. The van der Waals surface area contributed by atoms with Crippen LogP contribution in [0.5, 0.6) is 5.75 Å². The molecule has 0 bridgehead atoms. The second-order valence-electron chi connectivity index (χ2n) is 4.87. The fraction of sp³-hybridized carbons (Fsp3) is 0.467. The van der Waals surface area contributed by atoms with Gasteiger partial charge < -0.3 is 4.74 Å². The topological polar surface area (TPSA) is 47.3 Å². The molecule has 0 aromatic heterocycles. The largest absolute Gasteiger partial charge is 0.496 e. The van der Waals surface area contributed by atoms with Crippen LogP contribution in [0, 0.1) is 6.92 Å². The molecule has 0 amide bonds. The van der Waals surface area contributed by atoms with Crippen LogP contribution >= 0.6 is 0 Å². The summed E-state index contributed by atoms with van der Waals surface area (Å²) in [6, 6.07) is 6.34. The number of nitrogens with two attached hydrogens (primary N) is 1. The minimum absolute atomic E-state index is 0.0702. The third-order valence-electron chi connectivity index (χ3n) is 3.56. The van der Waals surface area contributed by atoms with Crippen LogP contribution in [0.2, 0.25) is 0 Å². The lowest BCUT2D eigenvalue weighted by atomic mass is 9.89. The van der Waals surface area contributed by atoms with Crippen LogP contribution in [0.25, 0.3) is 0 Å². The molecule has 0 radical (unpaired) electrons. The first kappa shape index (κ1) is 13.1. The first-order valence-corrected chi connectivity index (χ1v) is 6.56. The summed E-state index contributed by atoms with van der Waals surface area (Å²) in [6.45, 7) is 2.07. The minimum Gasteiger partial charge on any atom is -0.496 e. The Morgan fingerprint density at radius 2 is 2.17 bits per heavy atom. The van der Waals surface area contributed by atoms with Crippen molar-refractivity contribution >= 4 is 0 Å². The van der Waals surface area contributed by atoms with E-state index in [0.717, 1.165) is 24.2 Å². The summed E-state index contributed by atoms with van der Waals surface area (Å²) in [5.41, 5.74) is 6.64. The van der Waals surface area contributed by atoms with E-state index >= 15 is 0 Å². The quantitative estimate of drug-likeness (QED) is 0.488. The molecule has 3 N–H and O–H groups in total. The van der Waals surface area contributed by atoms with Gasteiger partial charge in [-0.25, -0.2) is 5.43 Å². The van der Waals surface area contributed by atoms with Crippen molar-refractivity contribution in [3.63, 3.8) is 0 Å². The molecule has 0 fully saturated rings. The number of methoxy groups -OCH3 is 1. The highest BCUT2D eigenvalue weighted by Gasteiger charge is 2.20. The van der Waals surface area contributed by atoms with E-state index in [1.165, 1.54) is 24.0 Å². The summed E-state index contributed by atoms with van der Waals surface area (Å²) >= 11 is 0. The van der Waals surface area contributed by atoms with Crippen LogP contribution in [-0.4, -0.2) is 7.11 Å². The van der Waals surface area contributed by atoms with Crippen LogP contribution in [0.1, 0.15) is 42.9 Å². The molecule has 3 nitrogen and oxygen atoms in total. The lowest BCUT2D eigenvalue weighted by Crippen LogP contribution is -2.30. The summed E-state index contributed by atoms with van der Waals surface area (Å²) in [5.74, 6) is 6.66. The van der Waals surface area contributed by atoms with Gasteiger partial charge in [0, 0.05) is 5.56 Å². The molecule has 1 aromatic carbocycles. The molecule has 0 spiro atoms. The zero-order valence-electron chi connectivity index (χ0n) is 11.2. The van der Waals surface area contributed by atoms with Crippen LogP contribution in [-0.2, 0) is 0 Å². The molecule has 1 unspecified atom stereocenters. The fourth-order valence-corrected chi connectivity index (χ4v) is 2.58. The van der Waals surface area contributed by atoms with Crippen molar-refractivity contribution in [3.8, 4) is 5.75 Å². The average Bonchev–Trinajstić information content (AvgIpc) is 2.42. The van der Waals surface area contributed by atoms with Crippen molar-refractivity contribution in [2.45, 2.75) is 38.6 Å². The minimum atomic E-state index is 0.0702. The highest BCUT2D eigenvalue weighted by Crippen LogP contribution is 2.34. The summed E-state index contributed by atoms with van der Waals surface area (Å²) in [7, 11) is 1.71. The monoisotopic (exact) mass is 246 g/mol. The Bertz CT molecular complexity index is 440. The molecule has 98 valence electrons. The van der Waals surface area contributed by atoms with E-state index in [4.69, 9.17) is 10.6 Å². The van der Waals surface area contributed by atoms with E-state index in [1.807, 2.05) is 0 Å². The Labute approximate surface area is 109 Å². The third kappa shape index (κ3) is 2.74. The first-order chi connectivity index (χ1) is 8.76. The van der Waals surface area contributed by atoms with Gasteiger partial charge in [0.25, 0.3) is 0 Å². The Morgan fingerprint density at radius 3 is 2.78 bits per heavy atom. The highest BCUT2D eigenvalue weighted by atomic mass is 16.5. The van der Waals surface area contributed by atoms with Crippen molar-refractivity contribution in [1.29, 1.82) is 0 Å². The van der Waals surface area contributed by atoms with Crippen molar-refractivity contribution < 1.29 is 4.74 Å². The summed E-state index contributed by atoms with van der Waals surface area (Å²) < 4.78 is 5.48. The van der Waals surface area contributed by atoms with Gasteiger partial charge in [-0.05, 0) is 44.2 Å². The Hall–Kier alpha value is -1.32. The lowest BCUT2D eigenvalue weighted by Gasteiger charge is -2.24. The number of allylic oxidation sites excluding steroid dienone is 1. The predicted molar refractivity (Wildman–Crippen MR) is 74.3 cm³/mol. The number of benzene rings is 1. The van der Waals surface area contributed by atoms with E-state index in [0.29, 0.717) is 0 Å². The summed E-state index contributed by atoms with van der Waals surface area (Å²) in [4.78, 5) is 0. The molecule has 18 heavy (non-hydrogen) atoms. The van der Waals surface area contributed by atoms with Crippen molar-refractivity contribution in [2.24, 2.45) is 5.84 Å². The standard InChI is InChI=1S/C15H22N2O/c1-11-8-9-13(14(10-11)18-2)15(17-16)12-6-4-3-5-7-12/h6,8-10,15,17H,3-5,7,16H2,1-2H3. The normalized spacial score (nSPS) is 17.2. The molecule has 3 heteroatoms. The number of hydrogen-bond donors (Lipinski definition) is 2. The zero-order valence-corrected chi connectivity index (χ0v) is 11.2. The maximum Gasteiger partial charge on any atom is 0.124 e. The van der Waals surface area contributed by atoms with Gasteiger partial charge in [0.05, 0.1) is 13.2 Å². The van der Waals surface area contributed by atoms with E-state index in [-0.39, 0.29) is 6.04 Å². The Kier molecular flexibility index (Phi) is 4.39. The molecule has 1 aliphatic carbocycles. The van der Waals surface area contributed by atoms with Gasteiger partial charge in [-0.2, -0.15) is 0 Å². The van der Waals surface area contributed by atoms with Crippen LogP contribution < -0.4 is 16.0 Å². The molecule has 0 saturated heterocycles. The molecule has 1 aromatic rings.